The van der Waals surface area contributed by atoms with Crippen molar-refractivity contribution in [3.63, 3.8) is 0 Å². The number of hydrogen-bond acceptors (Lipinski definition) is 5. The van der Waals surface area contributed by atoms with Gasteiger partial charge in [-0.25, -0.2) is 14.5 Å². The van der Waals surface area contributed by atoms with Crippen LogP contribution in [-0.2, 0) is 11.3 Å². The molecule has 1 aliphatic carbocycles. The van der Waals surface area contributed by atoms with Crippen molar-refractivity contribution in [1.82, 2.24) is 9.88 Å². The molecule has 2 aromatic rings. The molecule has 1 aromatic carbocycles. The zero-order valence-corrected chi connectivity index (χ0v) is 13.0. The fourth-order valence-corrected chi connectivity index (χ4v) is 2.22. The van der Waals surface area contributed by atoms with Crippen molar-refractivity contribution < 1.29 is 14.3 Å². The normalized spacial score (nSPS) is 13.2. The average molecular weight is 326 g/mol. The zero-order valence-electron chi connectivity index (χ0n) is 13.0. The van der Waals surface area contributed by atoms with Crippen molar-refractivity contribution >= 4 is 23.5 Å². The fourth-order valence-electron chi connectivity index (χ4n) is 2.22. The minimum absolute atomic E-state index is 0.119. The number of imide groups is 1. The first kappa shape index (κ1) is 15.8. The number of hydrogen-bond donors (Lipinski definition) is 2. The molecule has 124 valence electrons. The van der Waals surface area contributed by atoms with Crippen LogP contribution in [0.15, 0.2) is 48.8 Å². The molecule has 1 heterocycles. The Morgan fingerprint density at radius 1 is 1.25 bits per heavy atom. The Hall–Kier alpha value is -3.09. The van der Waals surface area contributed by atoms with Crippen molar-refractivity contribution in [2.24, 2.45) is 0 Å². The van der Waals surface area contributed by atoms with E-state index in [2.05, 4.69) is 10.3 Å². The fraction of sp³-hybridized carbons (Fsp3) is 0.235. The number of nitrogens with one attached hydrogen (secondary N) is 1. The van der Waals surface area contributed by atoms with Crippen LogP contribution in [0.4, 0.5) is 21.0 Å². The molecule has 3 rings (SSSR count). The number of pyridine rings is 1. The number of carbonyl (C=O) groups is 2. The lowest BCUT2D eigenvalue weighted by Gasteiger charge is -2.21. The second-order valence-electron chi connectivity index (χ2n) is 5.53. The van der Waals surface area contributed by atoms with Crippen LogP contribution in [0.25, 0.3) is 0 Å². The summed E-state index contributed by atoms with van der Waals surface area (Å²) < 4.78 is 5.26. The molecule has 1 aromatic heterocycles. The van der Waals surface area contributed by atoms with E-state index in [9.17, 15) is 9.59 Å². The first-order valence-corrected chi connectivity index (χ1v) is 7.65. The summed E-state index contributed by atoms with van der Waals surface area (Å²) in [6, 6.07) is 10.2. The van der Waals surface area contributed by atoms with Crippen LogP contribution < -0.4 is 11.1 Å². The summed E-state index contributed by atoms with van der Waals surface area (Å²) in [6.45, 7) is 0.119. The number of nitrogens with two attached hydrogens (primary N) is 1. The van der Waals surface area contributed by atoms with Gasteiger partial charge in [0.25, 0.3) is 0 Å². The summed E-state index contributed by atoms with van der Waals surface area (Å²) in [7, 11) is 0. The Morgan fingerprint density at radius 3 is 2.67 bits per heavy atom. The quantitative estimate of drug-likeness (QED) is 0.900. The maximum atomic E-state index is 12.4. The molecule has 7 heteroatoms. The minimum Gasteiger partial charge on any atom is -0.444 e. The highest BCUT2D eigenvalue weighted by Gasteiger charge is 2.38. The van der Waals surface area contributed by atoms with E-state index in [0.29, 0.717) is 11.4 Å². The molecule has 3 N–H and O–H groups in total. The minimum atomic E-state index is -0.661. The second kappa shape index (κ2) is 6.99. The Kier molecular flexibility index (Phi) is 4.60. The largest absolute Gasteiger partial charge is 0.444 e. The molecule has 0 radical (unpaired) electrons. The maximum absolute atomic E-state index is 12.4. The summed E-state index contributed by atoms with van der Waals surface area (Å²) in [5.41, 5.74) is 7.37. The van der Waals surface area contributed by atoms with Crippen LogP contribution in [0.1, 0.15) is 18.4 Å². The van der Waals surface area contributed by atoms with E-state index in [-0.39, 0.29) is 12.6 Å². The lowest BCUT2D eigenvalue weighted by Crippen LogP contribution is -2.42. The highest BCUT2D eigenvalue weighted by atomic mass is 16.6. The number of ether oxygens (including phenoxy) is 1. The number of amides is 3. The summed E-state index contributed by atoms with van der Waals surface area (Å²) >= 11 is 0. The van der Waals surface area contributed by atoms with Gasteiger partial charge in [-0.3, -0.25) is 4.98 Å². The van der Waals surface area contributed by atoms with Crippen LogP contribution in [0.2, 0.25) is 0 Å². The molecule has 1 saturated carbocycles. The zero-order chi connectivity index (χ0) is 16.9. The van der Waals surface area contributed by atoms with Crippen LogP contribution in [0, 0.1) is 0 Å². The number of rotatable bonds is 4. The lowest BCUT2D eigenvalue weighted by molar-refractivity contribution is 0.105. The third-order valence-electron chi connectivity index (χ3n) is 3.63. The molecule has 0 atom stereocenters. The number of nitrogens with zero attached hydrogens (tertiary/aromatic N) is 2. The van der Waals surface area contributed by atoms with E-state index in [1.165, 1.54) is 12.4 Å². The van der Waals surface area contributed by atoms with Crippen molar-refractivity contribution in [3.8, 4) is 0 Å². The van der Waals surface area contributed by atoms with Gasteiger partial charge in [-0.05, 0) is 24.5 Å². The predicted octanol–water partition coefficient (Wildman–Crippen LogP) is 3.00. The summed E-state index contributed by atoms with van der Waals surface area (Å²) in [4.78, 5) is 29.7. The van der Waals surface area contributed by atoms with Gasteiger partial charge in [0.1, 0.15) is 6.61 Å². The molecule has 0 bridgehead atoms. The molecule has 0 spiro atoms. The van der Waals surface area contributed by atoms with Gasteiger partial charge in [-0.2, -0.15) is 0 Å². The summed E-state index contributed by atoms with van der Waals surface area (Å²) in [5.74, 6) is 0. The van der Waals surface area contributed by atoms with E-state index in [4.69, 9.17) is 10.5 Å². The first-order valence-electron chi connectivity index (χ1n) is 7.65. The molecular weight excluding hydrogens is 308 g/mol. The van der Waals surface area contributed by atoms with Gasteiger partial charge in [-0.1, -0.05) is 30.3 Å². The number of nitrogen functional groups attached to an aromatic ring is 1. The number of aromatic nitrogens is 1. The van der Waals surface area contributed by atoms with Crippen LogP contribution in [0.5, 0.6) is 0 Å². The average Bonchev–Trinajstić information content (AvgIpc) is 3.41. The van der Waals surface area contributed by atoms with Gasteiger partial charge < -0.3 is 15.8 Å². The van der Waals surface area contributed by atoms with Gasteiger partial charge in [0.2, 0.25) is 0 Å². The third kappa shape index (κ3) is 3.81. The Bertz CT molecular complexity index is 732. The molecule has 1 fully saturated rings. The monoisotopic (exact) mass is 326 g/mol. The van der Waals surface area contributed by atoms with Crippen molar-refractivity contribution in [2.45, 2.75) is 25.5 Å². The Labute approximate surface area is 139 Å². The summed E-state index contributed by atoms with van der Waals surface area (Å²) in [5, 5.41) is 2.63. The van der Waals surface area contributed by atoms with Crippen molar-refractivity contribution in [2.75, 3.05) is 11.1 Å². The predicted molar refractivity (Wildman–Crippen MR) is 89.2 cm³/mol. The smallest absolute Gasteiger partial charge is 0.418 e. The Balaban J connectivity index is 1.64. The van der Waals surface area contributed by atoms with Crippen LogP contribution in [-0.4, -0.2) is 28.1 Å². The molecule has 0 aliphatic heterocycles. The second-order valence-corrected chi connectivity index (χ2v) is 5.53. The van der Waals surface area contributed by atoms with Crippen LogP contribution in [0.3, 0.4) is 0 Å². The van der Waals surface area contributed by atoms with E-state index in [0.717, 1.165) is 23.3 Å². The number of urea groups is 1. The highest BCUT2D eigenvalue weighted by Crippen LogP contribution is 2.29. The highest BCUT2D eigenvalue weighted by molar-refractivity contribution is 6.01. The van der Waals surface area contributed by atoms with E-state index in [1.807, 2.05) is 30.3 Å². The first-order chi connectivity index (χ1) is 11.6. The van der Waals surface area contributed by atoms with Crippen molar-refractivity contribution in [1.29, 1.82) is 0 Å². The standard InChI is InChI=1S/C17H18N4O3/c18-14-10-19-9-8-15(14)20-16(22)21(13-6-7-13)17(23)24-11-12-4-2-1-3-5-12/h1-5,8-10,13H,6-7,11,18H2,(H,19,20,22). The third-order valence-corrected chi connectivity index (χ3v) is 3.63. The molecule has 0 saturated heterocycles. The SMILES string of the molecule is Nc1cnccc1NC(=O)N(C(=O)OCc1ccccc1)C1CC1. The topological polar surface area (TPSA) is 97.5 Å². The summed E-state index contributed by atoms with van der Waals surface area (Å²) in [6.07, 6.45) is 3.84. The number of benzene rings is 1. The Morgan fingerprint density at radius 2 is 2.00 bits per heavy atom. The molecule has 1 aliphatic rings. The van der Waals surface area contributed by atoms with Crippen molar-refractivity contribution in [3.05, 3.63) is 54.4 Å². The molecule has 24 heavy (non-hydrogen) atoms. The molecular formula is C17H18N4O3. The molecule has 3 amide bonds. The van der Waals surface area contributed by atoms with Gasteiger partial charge in [0.05, 0.1) is 17.6 Å². The molecule has 7 nitrogen and oxygen atoms in total. The van der Waals surface area contributed by atoms with Gasteiger partial charge >= 0.3 is 12.1 Å². The maximum Gasteiger partial charge on any atom is 0.418 e. The number of carbonyl (C=O) groups excluding carboxylic acids is 2. The van der Waals surface area contributed by atoms with Gasteiger partial charge in [0.15, 0.2) is 0 Å². The van der Waals surface area contributed by atoms with Gasteiger partial charge in [0, 0.05) is 12.2 Å². The van der Waals surface area contributed by atoms with E-state index < -0.39 is 12.1 Å². The molecule has 0 unspecified atom stereocenters. The van der Waals surface area contributed by atoms with E-state index in [1.54, 1.807) is 6.07 Å². The van der Waals surface area contributed by atoms with Gasteiger partial charge in [-0.15, -0.1) is 0 Å². The van der Waals surface area contributed by atoms with E-state index >= 15 is 0 Å². The van der Waals surface area contributed by atoms with Crippen LogP contribution >= 0.6 is 0 Å². The number of anilines is 2. The lowest BCUT2D eigenvalue weighted by atomic mass is 10.2.